The molecule has 1 atom stereocenters. The van der Waals surface area contributed by atoms with Crippen LogP contribution in [0.1, 0.15) is 12.1 Å². The highest BCUT2D eigenvalue weighted by Gasteiger charge is 1.99. The van der Waals surface area contributed by atoms with E-state index in [1.54, 1.807) is 6.20 Å². The minimum Gasteiger partial charge on any atom is -0.772 e. The van der Waals surface area contributed by atoms with Crippen LogP contribution in [-0.2, 0) is 17.5 Å². The molecule has 0 saturated carbocycles. The summed E-state index contributed by atoms with van der Waals surface area (Å²) in [5.74, 6) is 0.509. The number of nitrogens with zero attached hydrogens (tertiary/aromatic N) is 2. The Labute approximate surface area is 78.7 Å². The minimum absolute atomic E-state index is 0.135. The van der Waals surface area contributed by atoms with Crippen LogP contribution in [0.25, 0.3) is 0 Å². The average molecular weight is 200 g/mol. The van der Waals surface area contributed by atoms with Gasteiger partial charge >= 0.3 is 0 Å². The second kappa shape index (κ2) is 4.88. The Hall–Kier alpha value is -1.01. The van der Waals surface area contributed by atoms with E-state index in [9.17, 15) is 8.76 Å². The van der Waals surface area contributed by atoms with Crippen molar-refractivity contribution in [2.24, 2.45) is 0 Å². The number of hydrogen-bond acceptors (Lipinski definition) is 5. The number of hydrogen-bond donors (Lipinski definition) is 1. The van der Waals surface area contributed by atoms with Gasteiger partial charge in [0.25, 0.3) is 0 Å². The molecule has 1 heterocycles. The van der Waals surface area contributed by atoms with E-state index in [-0.39, 0.29) is 5.75 Å². The van der Waals surface area contributed by atoms with Gasteiger partial charge in [-0.2, -0.15) is 0 Å². The third kappa shape index (κ3) is 3.47. The van der Waals surface area contributed by atoms with Crippen molar-refractivity contribution in [1.29, 1.82) is 0 Å². The van der Waals surface area contributed by atoms with Gasteiger partial charge in [-0.25, -0.2) is 4.98 Å². The van der Waals surface area contributed by atoms with Crippen molar-refractivity contribution in [3.05, 3.63) is 18.1 Å². The van der Waals surface area contributed by atoms with Gasteiger partial charge in [-0.05, 0) is 12.8 Å². The van der Waals surface area contributed by atoms with Crippen LogP contribution < -0.4 is 5.73 Å². The Morgan fingerprint density at radius 2 is 2.15 bits per heavy atom. The van der Waals surface area contributed by atoms with Crippen molar-refractivity contribution in [1.82, 2.24) is 9.97 Å². The molecular formula is C7H10N3O2S-. The lowest BCUT2D eigenvalue weighted by Gasteiger charge is -2.04. The van der Waals surface area contributed by atoms with Crippen LogP contribution in [0.15, 0.2) is 12.4 Å². The third-order valence-corrected chi connectivity index (χ3v) is 2.15. The zero-order valence-corrected chi connectivity index (χ0v) is 7.79. The molecule has 0 spiro atoms. The smallest absolute Gasteiger partial charge is 0.145 e. The molecular weight excluding hydrogens is 190 g/mol. The molecule has 0 aliphatic heterocycles. The number of nitrogens with two attached hydrogens (primary N) is 1. The molecule has 0 aromatic carbocycles. The summed E-state index contributed by atoms with van der Waals surface area (Å²) in [6, 6.07) is 0. The van der Waals surface area contributed by atoms with Gasteiger partial charge in [0.2, 0.25) is 0 Å². The summed E-state index contributed by atoms with van der Waals surface area (Å²) in [6.07, 6.45) is 4.12. The molecule has 13 heavy (non-hydrogen) atoms. The molecule has 5 nitrogen and oxygen atoms in total. The first-order valence-electron chi connectivity index (χ1n) is 3.81. The maximum atomic E-state index is 10.2. The average Bonchev–Trinajstić information content (AvgIpc) is 2.08. The van der Waals surface area contributed by atoms with Crippen molar-refractivity contribution in [2.45, 2.75) is 12.8 Å². The van der Waals surface area contributed by atoms with E-state index in [1.807, 2.05) is 0 Å². The maximum Gasteiger partial charge on any atom is 0.145 e. The lowest BCUT2D eigenvalue weighted by molar-refractivity contribution is 0.534. The summed E-state index contributed by atoms with van der Waals surface area (Å²) in [4.78, 5) is 7.82. The van der Waals surface area contributed by atoms with Crippen molar-refractivity contribution < 1.29 is 8.76 Å². The van der Waals surface area contributed by atoms with Gasteiger partial charge in [0.1, 0.15) is 5.82 Å². The monoisotopic (exact) mass is 200 g/mol. The zero-order chi connectivity index (χ0) is 9.68. The van der Waals surface area contributed by atoms with E-state index in [0.717, 1.165) is 0 Å². The predicted octanol–water partition coefficient (Wildman–Crippen LogP) is -0.130. The largest absolute Gasteiger partial charge is 0.772 e. The topological polar surface area (TPSA) is 91.9 Å². The van der Waals surface area contributed by atoms with Gasteiger partial charge < -0.3 is 10.3 Å². The minimum atomic E-state index is -1.98. The van der Waals surface area contributed by atoms with Crippen molar-refractivity contribution in [3.8, 4) is 0 Å². The standard InChI is InChI=1S/C7H11N3O2S/c8-7-6(9-3-4-10-7)2-1-5-13(11)12/h3-4H,1-2,5H2,(H2,8,10)(H,11,12)/p-1. The molecule has 0 aliphatic carbocycles. The van der Waals surface area contributed by atoms with Gasteiger partial charge in [-0.3, -0.25) is 9.19 Å². The molecule has 0 radical (unpaired) electrons. The van der Waals surface area contributed by atoms with Crippen LogP contribution in [0.4, 0.5) is 5.82 Å². The summed E-state index contributed by atoms with van der Waals surface area (Å²) < 4.78 is 20.4. The van der Waals surface area contributed by atoms with Crippen LogP contribution in [0.5, 0.6) is 0 Å². The van der Waals surface area contributed by atoms with Crippen LogP contribution in [0, 0.1) is 0 Å². The molecule has 1 rings (SSSR count). The fourth-order valence-electron chi connectivity index (χ4n) is 0.928. The summed E-state index contributed by atoms with van der Waals surface area (Å²) in [6.45, 7) is 0. The molecule has 2 N–H and O–H groups in total. The highest BCUT2D eigenvalue weighted by atomic mass is 32.2. The summed E-state index contributed by atoms with van der Waals surface area (Å²) in [5.41, 5.74) is 6.17. The van der Waals surface area contributed by atoms with Crippen molar-refractivity contribution >= 4 is 16.9 Å². The Balaban J connectivity index is 2.45. The Bertz CT molecular complexity index is 306. The molecule has 72 valence electrons. The lowest BCUT2D eigenvalue weighted by Crippen LogP contribution is -2.03. The van der Waals surface area contributed by atoms with E-state index in [4.69, 9.17) is 5.73 Å². The first-order chi connectivity index (χ1) is 6.20. The normalized spacial score (nSPS) is 12.7. The Morgan fingerprint density at radius 1 is 1.46 bits per heavy atom. The van der Waals surface area contributed by atoms with E-state index < -0.39 is 11.1 Å². The molecule has 0 bridgehead atoms. The van der Waals surface area contributed by atoms with Crippen molar-refractivity contribution in [3.63, 3.8) is 0 Å². The molecule has 0 fully saturated rings. The fourth-order valence-corrected chi connectivity index (χ4v) is 1.31. The molecule has 0 saturated heterocycles. The summed E-state index contributed by atoms with van der Waals surface area (Å²) in [7, 11) is 0. The molecule has 6 heteroatoms. The lowest BCUT2D eigenvalue weighted by atomic mass is 10.2. The maximum absolute atomic E-state index is 10.2. The Morgan fingerprint density at radius 3 is 2.77 bits per heavy atom. The zero-order valence-electron chi connectivity index (χ0n) is 6.97. The highest BCUT2D eigenvalue weighted by Crippen LogP contribution is 2.05. The quantitative estimate of drug-likeness (QED) is 0.683. The molecule has 1 unspecified atom stereocenters. The summed E-state index contributed by atoms with van der Waals surface area (Å²) in [5, 5.41) is 0. The van der Waals surface area contributed by atoms with E-state index in [2.05, 4.69) is 9.97 Å². The van der Waals surface area contributed by atoms with E-state index in [0.29, 0.717) is 24.4 Å². The first-order valence-corrected chi connectivity index (χ1v) is 5.06. The number of rotatable bonds is 4. The van der Waals surface area contributed by atoms with Crippen LogP contribution >= 0.6 is 0 Å². The molecule has 1 aromatic heterocycles. The predicted molar refractivity (Wildman–Crippen MR) is 48.6 cm³/mol. The number of nitrogen functional groups attached to an aromatic ring is 1. The number of aryl methyl sites for hydroxylation is 1. The Kier molecular flexibility index (Phi) is 3.78. The molecule has 1 aromatic rings. The van der Waals surface area contributed by atoms with Gasteiger partial charge in [0.15, 0.2) is 0 Å². The molecule has 0 amide bonds. The second-order valence-corrected chi connectivity index (χ2v) is 3.52. The van der Waals surface area contributed by atoms with Crippen LogP contribution in [-0.4, -0.2) is 24.5 Å². The van der Waals surface area contributed by atoms with Crippen LogP contribution in [0.2, 0.25) is 0 Å². The third-order valence-electron chi connectivity index (χ3n) is 1.53. The first kappa shape index (κ1) is 10.1. The van der Waals surface area contributed by atoms with Gasteiger partial charge in [-0.1, -0.05) is 11.1 Å². The van der Waals surface area contributed by atoms with E-state index in [1.165, 1.54) is 6.20 Å². The highest BCUT2D eigenvalue weighted by molar-refractivity contribution is 7.79. The van der Waals surface area contributed by atoms with Crippen LogP contribution in [0.3, 0.4) is 0 Å². The van der Waals surface area contributed by atoms with Gasteiger partial charge in [-0.15, -0.1) is 0 Å². The second-order valence-electron chi connectivity index (χ2n) is 2.50. The van der Waals surface area contributed by atoms with Gasteiger partial charge in [0, 0.05) is 18.1 Å². The van der Waals surface area contributed by atoms with Gasteiger partial charge in [0.05, 0.1) is 5.69 Å². The summed E-state index contributed by atoms with van der Waals surface area (Å²) >= 11 is -1.98. The SMILES string of the molecule is Nc1nccnc1CCCS(=O)[O-]. The number of aromatic nitrogens is 2. The fraction of sp³-hybridized carbons (Fsp3) is 0.429. The number of anilines is 1. The molecule has 0 aliphatic rings. The van der Waals surface area contributed by atoms with E-state index >= 15 is 0 Å². The van der Waals surface area contributed by atoms with Crippen molar-refractivity contribution in [2.75, 3.05) is 11.5 Å².